The highest BCUT2D eigenvalue weighted by atomic mass is 35.5. The number of piperidine rings is 1. The Morgan fingerprint density at radius 2 is 1.96 bits per heavy atom. The molecule has 0 radical (unpaired) electrons. The molecule has 1 saturated heterocycles. The largest absolute Gasteiger partial charge is 0.484 e. The molecule has 0 unspecified atom stereocenters. The van der Waals surface area contributed by atoms with E-state index in [2.05, 4.69) is 10.2 Å². The highest BCUT2D eigenvalue weighted by Gasteiger charge is 2.24. The summed E-state index contributed by atoms with van der Waals surface area (Å²) in [6, 6.07) is 10.5. The third kappa shape index (κ3) is 4.58. The van der Waals surface area contributed by atoms with Crippen LogP contribution in [0.3, 0.4) is 0 Å². The molecule has 1 fully saturated rings. The van der Waals surface area contributed by atoms with E-state index in [4.69, 9.17) is 21.1 Å². The molecule has 126 valence electrons. The molecule has 1 aromatic carbocycles. The lowest BCUT2D eigenvalue weighted by molar-refractivity contribution is -0.135. The first-order valence-corrected chi connectivity index (χ1v) is 8.19. The fourth-order valence-corrected chi connectivity index (χ4v) is 2.64. The van der Waals surface area contributed by atoms with Crippen LogP contribution in [0.25, 0.3) is 0 Å². The Morgan fingerprint density at radius 3 is 2.62 bits per heavy atom. The molecule has 7 heteroatoms. The van der Waals surface area contributed by atoms with Crippen molar-refractivity contribution in [1.29, 1.82) is 0 Å². The SMILES string of the molecule is O=C(COc1ccc(Cl)cc1)N1CCC(Oc2cccnn2)CC1. The van der Waals surface area contributed by atoms with Gasteiger partial charge in [0, 0.05) is 43.2 Å². The number of rotatable bonds is 5. The third-order valence-electron chi connectivity index (χ3n) is 3.81. The molecule has 0 saturated carbocycles. The summed E-state index contributed by atoms with van der Waals surface area (Å²) in [7, 11) is 0. The van der Waals surface area contributed by atoms with Crippen LogP contribution in [0, 0.1) is 0 Å². The van der Waals surface area contributed by atoms with E-state index in [9.17, 15) is 4.79 Å². The van der Waals surface area contributed by atoms with E-state index in [1.54, 1.807) is 47.5 Å². The number of carbonyl (C=O) groups excluding carboxylic acids is 1. The fraction of sp³-hybridized carbons (Fsp3) is 0.353. The number of carbonyl (C=O) groups is 1. The molecule has 1 amide bonds. The molecular formula is C17H18ClN3O3. The molecule has 2 heterocycles. The molecule has 3 rings (SSSR count). The molecule has 24 heavy (non-hydrogen) atoms. The van der Waals surface area contributed by atoms with Gasteiger partial charge in [0.2, 0.25) is 5.88 Å². The van der Waals surface area contributed by atoms with E-state index < -0.39 is 0 Å². The van der Waals surface area contributed by atoms with Crippen molar-refractivity contribution in [2.75, 3.05) is 19.7 Å². The standard InChI is InChI=1S/C17H18ClN3O3/c18-13-3-5-14(6-4-13)23-12-17(22)21-10-7-15(8-11-21)24-16-2-1-9-19-20-16/h1-6,9,15H,7-8,10-12H2. The molecule has 0 atom stereocenters. The number of hydrogen-bond acceptors (Lipinski definition) is 5. The number of ether oxygens (including phenoxy) is 2. The number of benzene rings is 1. The van der Waals surface area contributed by atoms with E-state index >= 15 is 0 Å². The molecular weight excluding hydrogens is 330 g/mol. The van der Waals surface area contributed by atoms with Gasteiger partial charge in [0.1, 0.15) is 11.9 Å². The molecule has 1 aliphatic heterocycles. The van der Waals surface area contributed by atoms with Gasteiger partial charge in [-0.25, -0.2) is 0 Å². The Morgan fingerprint density at radius 1 is 1.21 bits per heavy atom. The zero-order chi connectivity index (χ0) is 16.8. The molecule has 0 bridgehead atoms. The monoisotopic (exact) mass is 347 g/mol. The molecule has 1 aromatic heterocycles. The fourth-order valence-electron chi connectivity index (χ4n) is 2.51. The predicted molar refractivity (Wildman–Crippen MR) is 89.2 cm³/mol. The van der Waals surface area contributed by atoms with Crippen LogP contribution in [0.1, 0.15) is 12.8 Å². The Hall–Kier alpha value is -2.34. The van der Waals surface area contributed by atoms with Gasteiger partial charge in [-0.05, 0) is 30.3 Å². The first kappa shape index (κ1) is 16.5. The van der Waals surface area contributed by atoms with Gasteiger partial charge in [0.15, 0.2) is 6.61 Å². The minimum atomic E-state index is -0.0251. The summed E-state index contributed by atoms with van der Waals surface area (Å²) in [5.74, 6) is 1.13. The van der Waals surface area contributed by atoms with Gasteiger partial charge in [-0.3, -0.25) is 4.79 Å². The van der Waals surface area contributed by atoms with Gasteiger partial charge in [0.05, 0.1) is 0 Å². The van der Waals surface area contributed by atoms with E-state index in [-0.39, 0.29) is 18.6 Å². The Kier molecular flexibility index (Phi) is 5.48. The number of aromatic nitrogens is 2. The van der Waals surface area contributed by atoms with Crippen LogP contribution >= 0.6 is 11.6 Å². The van der Waals surface area contributed by atoms with E-state index in [1.165, 1.54) is 0 Å². The number of halogens is 1. The maximum atomic E-state index is 12.2. The molecule has 0 N–H and O–H groups in total. The smallest absolute Gasteiger partial charge is 0.260 e. The zero-order valence-corrected chi connectivity index (χ0v) is 13.9. The summed E-state index contributed by atoms with van der Waals surface area (Å²) in [5, 5.41) is 8.34. The second kappa shape index (κ2) is 7.97. The van der Waals surface area contributed by atoms with Crippen LogP contribution in [0.4, 0.5) is 0 Å². The minimum Gasteiger partial charge on any atom is -0.484 e. The van der Waals surface area contributed by atoms with Gasteiger partial charge >= 0.3 is 0 Å². The van der Waals surface area contributed by atoms with Crippen molar-refractivity contribution in [1.82, 2.24) is 15.1 Å². The highest BCUT2D eigenvalue weighted by molar-refractivity contribution is 6.30. The van der Waals surface area contributed by atoms with Crippen molar-refractivity contribution in [2.24, 2.45) is 0 Å². The number of nitrogens with zero attached hydrogens (tertiary/aromatic N) is 3. The van der Waals surface area contributed by atoms with Crippen molar-refractivity contribution in [3.63, 3.8) is 0 Å². The summed E-state index contributed by atoms with van der Waals surface area (Å²) in [5.41, 5.74) is 0. The van der Waals surface area contributed by atoms with Gasteiger partial charge < -0.3 is 14.4 Å². The Labute approximate surface area is 145 Å². The Bertz CT molecular complexity index is 659. The number of likely N-dealkylation sites (tertiary alicyclic amines) is 1. The van der Waals surface area contributed by atoms with Crippen LogP contribution in [0.5, 0.6) is 11.6 Å². The topological polar surface area (TPSA) is 64.5 Å². The van der Waals surface area contributed by atoms with E-state index in [0.29, 0.717) is 29.7 Å². The maximum Gasteiger partial charge on any atom is 0.260 e. The number of amides is 1. The van der Waals surface area contributed by atoms with Crippen LogP contribution in [0.2, 0.25) is 5.02 Å². The summed E-state index contributed by atoms with van der Waals surface area (Å²) in [6.07, 6.45) is 3.20. The molecule has 0 aliphatic carbocycles. The van der Waals surface area contributed by atoms with Crippen LogP contribution in [-0.4, -0.2) is 46.8 Å². The lowest BCUT2D eigenvalue weighted by atomic mass is 10.1. The molecule has 1 aliphatic rings. The second-order valence-electron chi connectivity index (χ2n) is 5.50. The van der Waals surface area contributed by atoms with Crippen LogP contribution in [0.15, 0.2) is 42.6 Å². The summed E-state index contributed by atoms with van der Waals surface area (Å²) in [6.45, 7) is 1.32. The average Bonchev–Trinajstić information content (AvgIpc) is 2.62. The van der Waals surface area contributed by atoms with Crippen molar-refractivity contribution in [2.45, 2.75) is 18.9 Å². The van der Waals surface area contributed by atoms with E-state index in [1.807, 2.05) is 0 Å². The lowest BCUT2D eigenvalue weighted by Crippen LogP contribution is -2.43. The molecule has 0 spiro atoms. The summed E-state index contributed by atoms with van der Waals surface area (Å²) < 4.78 is 11.3. The molecule has 6 nitrogen and oxygen atoms in total. The van der Waals surface area contributed by atoms with Gasteiger partial charge in [-0.2, -0.15) is 5.10 Å². The van der Waals surface area contributed by atoms with Crippen LogP contribution in [-0.2, 0) is 4.79 Å². The van der Waals surface area contributed by atoms with E-state index in [0.717, 1.165) is 12.8 Å². The van der Waals surface area contributed by atoms with Crippen molar-refractivity contribution >= 4 is 17.5 Å². The van der Waals surface area contributed by atoms with Gasteiger partial charge in [0.25, 0.3) is 5.91 Å². The summed E-state index contributed by atoms with van der Waals surface area (Å²) in [4.78, 5) is 14.0. The quantitative estimate of drug-likeness (QED) is 0.831. The predicted octanol–water partition coefficient (Wildman–Crippen LogP) is 2.58. The van der Waals surface area contributed by atoms with Gasteiger partial charge in [-0.15, -0.1) is 5.10 Å². The third-order valence-corrected chi connectivity index (χ3v) is 4.06. The van der Waals surface area contributed by atoms with Crippen molar-refractivity contribution in [3.05, 3.63) is 47.6 Å². The zero-order valence-electron chi connectivity index (χ0n) is 13.1. The normalized spacial score (nSPS) is 15.1. The minimum absolute atomic E-state index is 0.0251. The molecule has 2 aromatic rings. The average molecular weight is 348 g/mol. The number of hydrogen-bond donors (Lipinski definition) is 0. The maximum absolute atomic E-state index is 12.2. The first-order chi connectivity index (χ1) is 11.7. The highest BCUT2D eigenvalue weighted by Crippen LogP contribution is 2.18. The van der Waals surface area contributed by atoms with Crippen molar-refractivity contribution < 1.29 is 14.3 Å². The van der Waals surface area contributed by atoms with Gasteiger partial charge in [-0.1, -0.05) is 11.6 Å². The summed E-state index contributed by atoms with van der Waals surface area (Å²) >= 11 is 5.82. The lowest BCUT2D eigenvalue weighted by Gasteiger charge is -2.31. The first-order valence-electron chi connectivity index (χ1n) is 7.81. The van der Waals surface area contributed by atoms with Crippen LogP contribution < -0.4 is 9.47 Å². The van der Waals surface area contributed by atoms with Crippen molar-refractivity contribution in [3.8, 4) is 11.6 Å². The second-order valence-corrected chi connectivity index (χ2v) is 5.94. The Balaban J connectivity index is 1.42.